The van der Waals surface area contributed by atoms with Crippen LogP contribution in [0.1, 0.15) is 22.3 Å². The molecule has 0 unspecified atom stereocenters. The van der Waals surface area contributed by atoms with E-state index in [1.165, 1.54) is 155 Å². The van der Waals surface area contributed by atoms with Crippen molar-refractivity contribution in [3.63, 3.8) is 0 Å². The lowest BCUT2D eigenvalue weighted by Gasteiger charge is -2.34. The number of hydrogen-bond donors (Lipinski definition) is 0. The van der Waals surface area contributed by atoms with Gasteiger partial charge in [-0.15, -0.1) is 0 Å². The highest BCUT2D eigenvalue weighted by Gasteiger charge is 2.46. The molecule has 0 bridgehead atoms. The van der Waals surface area contributed by atoms with Crippen LogP contribution in [0.3, 0.4) is 0 Å². The second-order valence-corrected chi connectivity index (χ2v) is 24.7. The zero-order valence-corrected chi connectivity index (χ0v) is 51.0. The van der Waals surface area contributed by atoms with Crippen LogP contribution in [0.15, 0.2) is 364 Å². The van der Waals surface area contributed by atoms with Crippen molar-refractivity contribution in [2.75, 3.05) is 0 Å². The molecule has 0 aliphatic heterocycles. The maximum Gasteiger partial charge on any atom is 0.0713 e. The SMILES string of the molecule is c1ccc(-c2cccc(-c3cccc(C4(c5cccc(-c6ccc(-c7ccc(-c8cccc(-n9c%10ccccc%10c%10cc(-c%11ccc%12c(c%11)c%11ccccc%11n%12-c%11cccc(-c%12ccccc%12)c%11)ccc%109)c8)cc7)cc6)c5)c5ccccc5-c5ccccc54)c3)c2)cc1. The third kappa shape index (κ3) is 9.02. The van der Waals surface area contributed by atoms with Crippen LogP contribution in [-0.4, -0.2) is 9.13 Å². The van der Waals surface area contributed by atoms with Gasteiger partial charge in [0.2, 0.25) is 0 Å². The van der Waals surface area contributed by atoms with E-state index in [1.807, 2.05) is 0 Å². The lowest BCUT2D eigenvalue weighted by molar-refractivity contribution is 0.769. The van der Waals surface area contributed by atoms with Crippen LogP contribution < -0.4 is 0 Å². The number of rotatable bonds is 11. The Morgan fingerprint density at radius 3 is 0.925 bits per heavy atom. The van der Waals surface area contributed by atoms with Gasteiger partial charge in [-0.2, -0.15) is 0 Å². The smallest absolute Gasteiger partial charge is 0.0713 e. The first-order chi connectivity index (χ1) is 46.1. The van der Waals surface area contributed by atoms with Gasteiger partial charge < -0.3 is 9.13 Å². The minimum Gasteiger partial charge on any atom is -0.309 e. The molecule has 0 fully saturated rings. The summed E-state index contributed by atoms with van der Waals surface area (Å²) in [4.78, 5) is 0. The van der Waals surface area contributed by atoms with Gasteiger partial charge in [0.05, 0.1) is 27.5 Å². The van der Waals surface area contributed by atoms with E-state index < -0.39 is 5.41 Å². The topological polar surface area (TPSA) is 9.86 Å². The number of benzene rings is 15. The Balaban J connectivity index is 0.643. The van der Waals surface area contributed by atoms with E-state index in [-0.39, 0.29) is 0 Å². The van der Waals surface area contributed by atoms with Crippen molar-refractivity contribution < 1.29 is 0 Å². The number of fused-ring (bicyclic) bond motifs is 9. The van der Waals surface area contributed by atoms with Crippen LogP contribution in [0.25, 0.3) is 144 Å². The van der Waals surface area contributed by atoms with E-state index in [9.17, 15) is 0 Å². The van der Waals surface area contributed by atoms with E-state index in [4.69, 9.17) is 0 Å². The summed E-state index contributed by atoms with van der Waals surface area (Å²) in [6, 6.07) is 135. The average molecular weight is 1180 g/mol. The van der Waals surface area contributed by atoms with Crippen molar-refractivity contribution in [2.24, 2.45) is 0 Å². The summed E-state index contributed by atoms with van der Waals surface area (Å²) < 4.78 is 4.84. The molecular formula is C91H60N2. The summed E-state index contributed by atoms with van der Waals surface area (Å²) in [6.45, 7) is 0. The predicted molar refractivity (Wildman–Crippen MR) is 390 cm³/mol. The number of nitrogens with zero attached hydrogens (tertiary/aromatic N) is 2. The van der Waals surface area contributed by atoms with E-state index in [0.717, 1.165) is 11.4 Å². The first-order valence-corrected chi connectivity index (χ1v) is 32.2. The molecule has 0 radical (unpaired) electrons. The van der Waals surface area contributed by atoms with Crippen LogP contribution >= 0.6 is 0 Å². The van der Waals surface area contributed by atoms with Gasteiger partial charge in [0, 0.05) is 32.9 Å². The fourth-order valence-electron chi connectivity index (χ4n) is 15.2. The largest absolute Gasteiger partial charge is 0.309 e. The van der Waals surface area contributed by atoms with Gasteiger partial charge in [-0.05, 0) is 190 Å². The molecule has 0 spiro atoms. The third-order valence-electron chi connectivity index (χ3n) is 19.6. The van der Waals surface area contributed by atoms with Gasteiger partial charge in [-0.3, -0.25) is 0 Å². The Bertz CT molecular complexity index is 5680. The Kier molecular flexibility index (Phi) is 12.8. The highest BCUT2D eigenvalue weighted by atomic mass is 15.0. The second kappa shape index (κ2) is 22.1. The summed E-state index contributed by atoms with van der Waals surface area (Å²) in [5.41, 5.74) is 30.9. The molecule has 0 amide bonds. The Morgan fingerprint density at radius 1 is 0.172 bits per heavy atom. The van der Waals surface area contributed by atoms with E-state index in [2.05, 4.69) is 373 Å². The molecule has 1 aliphatic rings. The molecule has 0 saturated carbocycles. The van der Waals surface area contributed by atoms with E-state index >= 15 is 0 Å². The monoisotopic (exact) mass is 1180 g/mol. The van der Waals surface area contributed by atoms with Crippen LogP contribution in [0, 0.1) is 0 Å². The zero-order valence-electron chi connectivity index (χ0n) is 51.0. The van der Waals surface area contributed by atoms with E-state index in [0.29, 0.717) is 0 Å². The molecule has 93 heavy (non-hydrogen) atoms. The minimum atomic E-state index is -0.550. The van der Waals surface area contributed by atoms with Crippen LogP contribution in [0.2, 0.25) is 0 Å². The van der Waals surface area contributed by atoms with Crippen LogP contribution in [-0.2, 0) is 5.41 Å². The molecule has 17 aromatic rings. The molecule has 434 valence electrons. The maximum atomic E-state index is 2.44. The number of hydrogen-bond acceptors (Lipinski definition) is 0. The van der Waals surface area contributed by atoms with Crippen molar-refractivity contribution >= 4 is 43.6 Å². The molecule has 0 atom stereocenters. The van der Waals surface area contributed by atoms with Gasteiger partial charge in [0.25, 0.3) is 0 Å². The zero-order chi connectivity index (χ0) is 61.4. The maximum absolute atomic E-state index is 2.44. The van der Waals surface area contributed by atoms with Crippen molar-refractivity contribution in [3.8, 4) is 100 Å². The van der Waals surface area contributed by atoms with Gasteiger partial charge >= 0.3 is 0 Å². The molecule has 2 nitrogen and oxygen atoms in total. The number of aromatic nitrogens is 2. The molecule has 2 heteroatoms. The fourth-order valence-corrected chi connectivity index (χ4v) is 15.2. The quantitative estimate of drug-likeness (QED) is 0.122. The van der Waals surface area contributed by atoms with Crippen LogP contribution in [0.5, 0.6) is 0 Å². The lowest BCUT2D eigenvalue weighted by atomic mass is 9.67. The molecule has 0 saturated heterocycles. The molecule has 2 aromatic heterocycles. The van der Waals surface area contributed by atoms with Gasteiger partial charge in [-0.1, -0.05) is 285 Å². The Labute approximate surface area is 541 Å². The third-order valence-corrected chi connectivity index (χ3v) is 19.6. The molecule has 18 rings (SSSR count). The summed E-state index contributed by atoms with van der Waals surface area (Å²) in [5.74, 6) is 0. The van der Waals surface area contributed by atoms with Gasteiger partial charge in [-0.25, -0.2) is 0 Å². The summed E-state index contributed by atoms with van der Waals surface area (Å²) in [5, 5.41) is 4.94. The summed E-state index contributed by atoms with van der Waals surface area (Å²) in [6.07, 6.45) is 0. The predicted octanol–water partition coefficient (Wildman–Crippen LogP) is 23.9. The summed E-state index contributed by atoms with van der Waals surface area (Å²) >= 11 is 0. The Morgan fingerprint density at radius 2 is 0.462 bits per heavy atom. The fraction of sp³-hybridized carbons (Fsp3) is 0.0110. The van der Waals surface area contributed by atoms with Gasteiger partial charge in [0.15, 0.2) is 0 Å². The number of para-hydroxylation sites is 2. The van der Waals surface area contributed by atoms with Gasteiger partial charge in [0.1, 0.15) is 0 Å². The lowest BCUT2D eigenvalue weighted by Crippen LogP contribution is -2.28. The van der Waals surface area contributed by atoms with Crippen molar-refractivity contribution in [1.82, 2.24) is 9.13 Å². The normalized spacial score (nSPS) is 12.4. The molecular weight excluding hydrogens is 1120 g/mol. The molecule has 1 aliphatic carbocycles. The highest BCUT2D eigenvalue weighted by Crippen LogP contribution is 2.57. The van der Waals surface area contributed by atoms with Crippen molar-refractivity contribution in [1.29, 1.82) is 0 Å². The molecule has 0 N–H and O–H groups in total. The first-order valence-electron chi connectivity index (χ1n) is 32.2. The molecule has 2 heterocycles. The van der Waals surface area contributed by atoms with Crippen LogP contribution in [0.4, 0.5) is 0 Å². The standard InChI is InChI=1S/C91H60N2/c1-3-20-61(21-4-1)67-24-15-25-68(54-67)70-27-17-31-76(56-70)91(85-38-11-7-34-79(85)80-35-8-12-39-86(80)91)75-30-16-26-69(55-75)65-46-42-63(43-47-65)64-44-48-66(49-45-64)72-29-19-33-78(58-72)93-88-41-14-10-37-82(88)84-60-74(51-53-90(84)93)73-50-52-89-83(59-73)81-36-9-13-40-87(81)92(89)77-32-18-28-71(57-77)62-22-5-2-6-23-62/h1-60H. The first kappa shape index (κ1) is 53.9. The van der Waals surface area contributed by atoms with Crippen molar-refractivity contribution in [3.05, 3.63) is 386 Å². The minimum absolute atomic E-state index is 0.550. The van der Waals surface area contributed by atoms with Crippen molar-refractivity contribution in [2.45, 2.75) is 5.41 Å². The van der Waals surface area contributed by atoms with E-state index in [1.54, 1.807) is 0 Å². The highest BCUT2D eigenvalue weighted by molar-refractivity contribution is 6.13. The second-order valence-electron chi connectivity index (χ2n) is 24.7. The average Bonchev–Trinajstić information content (AvgIpc) is 1.57. The Hall–Kier alpha value is -12.1. The summed E-state index contributed by atoms with van der Waals surface area (Å²) in [7, 11) is 0. The molecule has 15 aromatic carbocycles.